The SMILES string of the molecule is COc1cccc(N2CCN(Cc3cccnc3N)CC2=O)c1. The molecule has 0 radical (unpaired) electrons. The minimum absolute atomic E-state index is 0.0759. The number of rotatable bonds is 4. The van der Waals surface area contributed by atoms with Gasteiger partial charge in [0.05, 0.1) is 13.7 Å². The number of hydrogen-bond acceptors (Lipinski definition) is 5. The first-order valence-corrected chi connectivity index (χ1v) is 7.53. The molecule has 1 aromatic heterocycles. The molecular formula is C17H20N4O2. The molecule has 0 spiro atoms. The number of piperazine rings is 1. The molecule has 3 rings (SSSR count). The zero-order valence-electron chi connectivity index (χ0n) is 13.1. The quantitative estimate of drug-likeness (QED) is 0.927. The van der Waals surface area contributed by atoms with Crippen molar-refractivity contribution in [1.82, 2.24) is 9.88 Å². The smallest absolute Gasteiger partial charge is 0.241 e. The third kappa shape index (κ3) is 3.43. The fourth-order valence-corrected chi connectivity index (χ4v) is 2.73. The van der Waals surface area contributed by atoms with Crippen LogP contribution in [0.1, 0.15) is 5.56 Å². The molecule has 2 N–H and O–H groups in total. The van der Waals surface area contributed by atoms with Crippen LogP contribution in [0.25, 0.3) is 0 Å². The molecule has 1 fully saturated rings. The maximum Gasteiger partial charge on any atom is 0.241 e. The van der Waals surface area contributed by atoms with Crippen molar-refractivity contribution in [2.24, 2.45) is 0 Å². The van der Waals surface area contributed by atoms with Crippen molar-refractivity contribution in [3.63, 3.8) is 0 Å². The summed E-state index contributed by atoms with van der Waals surface area (Å²) in [7, 11) is 1.62. The average molecular weight is 312 g/mol. The van der Waals surface area contributed by atoms with E-state index in [-0.39, 0.29) is 5.91 Å². The van der Waals surface area contributed by atoms with Gasteiger partial charge in [-0.25, -0.2) is 4.98 Å². The summed E-state index contributed by atoms with van der Waals surface area (Å²) >= 11 is 0. The second-order valence-electron chi connectivity index (χ2n) is 5.51. The van der Waals surface area contributed by atoms with Crippen LogP contribution in [-0.4, -0.2) is 42.5 Å². The summed E-state index contributed by atoms with van der Waals surface area (Å²) in [5.41, 5.74) is 7.70. The van der Waals surface area contributed by atoms with Crippen LogP contribution in [0.2, 0.25) is 0 Å². The summed E-state index contributed by atoms with van der Waals surface area (Å²) in [5, 5.41) is 0. The first-order chi connectivity index (χ1) is 11.2. The molecule has 0 bridgehead atoms. The average Bonchev–Trinajstić information content (AvgIpc) is 2.57. The number of carbonyl (C=O) groups excluding carboxylic acids is 1. The van der Waals surface area contributed by atoms with Gasteiger partial charge in [-0.15, -0.1) is 0 Å². The molecule has 1 aliphatic heterocycles. The van der Waals surface area contributed by atoms with Gasteiger partial charge >= 0.3 is 0 Å². The fraction of sp³-hybridized carbons (Fsp3) is 0.294. The lowest BCUT2D eigenvalue weighted by molar-refractivity contribution is -0.121. The number of aromatic nitrogens is 1. The Morgan fingerprint density at radius 1 is 1.26 bits per heavy atom. The predicted octanol–water partition coefficient (Wildman–Crippen LogP) is 1.52. The van der Waals surface area contributed by atoms with Crippen molar-refractivity contribution >= 4 is 17.4 Å². The maximum atomic E-state index is 12.5. The van der Waals surface area contributed by atoms with E-state index in [1.54, 1.807) is 18.2 Å². The number of nitrogen functional groups attached to an aromatic ring is 1. The molecule has 0 aliphatic carbocycles. The van der Waals surface area contributed by atoms with Crippen LogP contribution < -0.4 is 15.4 Å². The van der Waals surface area contributed by atoms with E-state index in [0.29, 0.717) is 25.5 Å². The van der Waals surface area contributed by atoms with Gasteiger partial charge in [0, 0.05) is 43.1 Å². The van der Waals surface area contributed by atoms with E-state index in [2.05, 4.69) is 9.88 Å². The summed E-state index contributed by atoms with van der Waals surface area (Å²) in [5.74, 6) is 1.35. The molecule has 0 unspecified atom stereocenters. The first kappa shape index (κ1) is 15.3. The number of amides is 1. The number of anilines is 2. The second-order valence-corrected chi connectivity index (χ2v) is 5.51. The van der Waals surface area contributed by atoms with Gasteiger partial charge in [0.2, 0.25) is 5.91 Å². The minimum atomic E-state index is 0.0759. The lowest BCUT2D eigenvalue weighted by atomic mass is 10.2. The standard InChI is InChI=1S/C17H20N4O2/c1-23-15-6-2-5-14(10-15)21-9-8-20(12-16(21)22)11-13-4-3-7-19-17(13)18/h2-7,10H,8-9,11-12H2,1H3,(H2,18,19). The van der Waals surface area contributed by atoms with Crippen molar-refractivity contribution in [3.05, 3.63) is 48.2 Å². The Kier molecular flexibility index (Phi) is 4.43. The number of methoxy groups -OCH3 is 1. The van der Waals surface area contributed by atoms with Crippen LogP contribution >= 0.6 is 0 Å². The Morgan fingerprint density at radius 2 is 2.13 bits per heavy atom. The number of pyridine rings is 1. The summed E-state index contributed by atoms with van der Waals surface area (Å²) in [6.45, 7) is 2.44. The summed E-state index contributed by atoms with van der Waals surface area (Å²) in [6, 6.07) is 11.4. The molecule has 6 heteroatoms. The number of nitrogens with zero attached hydrogens (tertiary/aromatic N) is 3. The van der Waals surface area contributed by atoms with E-state index in [1.165, 1.54) is 0 Å². The van der Waals surface area contributed by atoms with Gasteiger partial charge in [0.15, 0.2) is 0 Å². The van der Waals surface area contributed by atoms with E-state index in [0.717, 1.165) is 23.5 Å². The van der Waals surface area contributed by atoms with Crippen molar-refractivity contribution < 1.29 is 9.53 Å². The number of carbonyl (C=O) groups is 1. The Labute approximate surface area is 135 Å². The molecule has 1 amide bonds. The van der Waals surface area contributed by atoms with Gasteiger partial charge < -0.3 is 15.4 Å². The van der Waals surface area contributed by atoms with Crippen LogP contribution in [0.15, 0.2) is 42.6 Å². The normalized spacial score (nSPS) is 15.7. The molecule has 2 aromatic rings. The molecular weight excluding hydrogens is 292 g/mol. The zero-order chi connectivity index (χ0) is 16.2. The summed E-state index contributed by atoms with van der Waals surface area (Å²) in [4.78, 5) is 20.5. The fourth-order valence-electron chi connectivity index (χ4n) is 2.73. The molecule has 23 heavy (non-hydrogen) atoms. The van der Waals surface area contributed by atoms with Crippen molar-refractivity contribution in [2.45, 2.75) is 6.54 Å². The topological polar surface area (TPSA) is 71.7 Å². The molecule has 1 aromatic carbocycles. The molecule has 1 saturated heterocycles. The van der Waals surface area contributed by atoms with E-state index >= 15 is 0 Å². The number of ether oxygens (including phenoxy) is 1. The molecule has 0 saturated carbocycles. The second kappa shape index (κ2) is 6.66. The molecule has 0 atom stereocenters. The molecule has 2 heterocycles. The Hall–Kier alpha value is -2.60. The van der Waals surface area contributed by atoms with Crippen LogP contribution in [0.3, 0.4) is 0 Å². The summed E-state index contributed by atoms with van der Waals surface area (Å²) < 4.78 is 5.22. The number of nitrogens with two attached hydrogens (primary N) is 1. The van der Waals surface area contributed by atoms with Crippen LogP contribution in [-0.2, 0) is 11.3 Å². The van der Waals surface area contributed by atoms with E-state index in [1.807, 2.05) is 36.4 Å². The third-order valence-corrected chi connectivity index (χ3v) is 3.98. The van der Waals surface area contributed by atoms with Gasteiger partial charge in [-0.05, 0) is 18.2 Å². The van der Waals surface area contributed by atoms with Crippen LogP contribution in [0.4, 0.5) is 11.5 Å². The van der Waals surface area contributed by atoms with Crippen molar-refractivity contribution in [1.29, 1.82) is 0 Å². The highest BCUT2D eigenvalue weighted by Gasteiger charge is 2.25. The predicted molar refractivity (Wildman–Crippen MR) is 89.3 cm³/mol. The van der Waals surface area contributed by atoms with E-state index in [9.17, 15) is 4.79 Å². The molecule has 1 aliphatic rings. The number of hydrogen-bond donors (Lipinski definition) is 1. The Balaban J connectivity index is 1.67. The van der Waals surface area contributed by atoms with Crippen LogP contribution in [0.5, 0.6) is 5.75 Å². The van der Waals surface area contributed by atoms with Gasteiger partial charge in [0.25, 0.3) is 0 Å². The number of benzene rings is 1. The van der Waals surface area contributed by atoms with E-state index in [4.69, 9.17) is 10.5 Å². The van der Waals surface area contributed by atoms with Gasteiger partial charge in [-0.1, -0.05) is 12.1 Å². The van der Waals surface area contributed by atoms with Gasteiger partial charge in [-0.2, -0.15) is 0 Å². The lowest BCUT2D eigenvalue weighted by Gasteiger charge is -2.34. The Bertz CT molecular complexity index is 704. The largest absolute Gasteiger partial charge is 0.497 e. The highest BCUT2D eigenvalue weighted by atomic mass is 16.5. The maximum absolute atomic E-state index is 12.5. The Morgan fingerprint density at radius 3 is 2.87 bits per heavy atom. The van der Waals surface area contributed by atoms with E-state index < -0.39 is 0 Å². The third-order valence-electron chi connectivity index (χ3n) is 3.98. The van der Waals surface area contributed by atoms with Crippen molar-refractivity contribution in [3.8, 4) is 5.75 Å². The van der Waals surface area contributed by atoms with Crippen molar-refractivity contribution in [2.75, 3.05) is 37.4 Å². The van der Waals surface area contributed by atoms with Gasteiger partial charge in [0.1, 0.15) is 11.6 Å². The first-order valence-electron chi connectivity index (χ1n) is 7.53. The minimum Gasteiger partial charge on any atom is -0.497 e. The molecule has 6 nitrogen and oxygen atoms in total. The molecule has 120 valence electrons. The van der Waals surface area contributed by atoms with Crippen LogP contribution in [0, 0.1) is 0 Å². The summed E-state index contributed by atoms with van der Waals surface area (Å²) in [6.07, 6.45) is 1.67. The monoisotopic (exact) mass is 312 g/mol. The van der Waals surface area contributed by atoms with Gasteiger partial charge in [-0.3, -0.25) is 9.69 Å². The highest BCUT2D eigenvalue weighted by molar-refractivity contribution is 5.95. The lowest BCUT2D eigenvalue weighted by Crippen LogP contribution is -2.50. The zero-order valence-corrected chi connectivity index (χ0v) is 13.1. The highest BCUT2D eigenvalue weighted by Crippen LogP contribution is 2.23.